The second-order valence-corrected chi connectivity index (χ2v) is 10.8. The van der Waals surface area contributed by atoms with Crippen LogP contribution in [0.5, 0.6) is 5.75 Å². The molecule has 0 saturated heterocycles. The van der Waals surface area contributed by atoms with Gasteiger partial charge in [0.25, 0.3) is 0 Å². The van der Waals surface area contributed by atoms with Gasteiger partial charge in [-0.25, -0.2) is 29.9 Å². The molecule has 45 heavy (non-hydrogen) atoms. The van der Waals surface area contributed by atoms with Crippen molar-refractivity contribution in [2.24, 2.45) is 0 Å². The molecule has 1 unspecified atom stereocenters. The minimum Gasteiger partial charge on any atom is -0.379 e. The Morgan fingerprint density at radius 3 is 1.40 bits per heavy atom. The predicted octanol–water partition coefficient (Wildman–Crippen LogP) is 6.38. The van der Waals surface area contributed by atoms with Crippen LogP contribution in [0.25, 0.3) is 89.7 Å². The zero-order chi connectivity index (χ0) is 29.4. The van der Waals surface area contributed by atoms with Crippen molar-refractivity contribution in [2.75, 3.05) is 0 Å². The van der Waals surface area contributed by atoms with Gasteiger partial charge >= 0.3 is 11.4 Å². The van der Waals surface area contributed by atoms with Gasteiger partial charge < -0.3 is 14.2 Å². The molecular formula is C32H18CoN8O3S. The maximum Gasteiger partial charge on any atom is 0.357 e. The van der Waals surface area contributed by atoms with Gasteiger partial charge in [-0.15, -0.1) is 0 Å². The minimum atomic E-state index is -2.56. The number of aromatic amines is 2. The molecule has 11 nitrogen and oxygen atoms in total. The van der Waals surface area contributed by atoms with E-state index in [1.807, 2.05) is 78.9 Å². The number of nitrogens with zero attached hydrogens (tertiary/aromatic N) is 6. The molecule has 9 rings (SSSR count). The average molecular weight is 654 g/mol. The third-order valence-electron chi connectivity index (χ3n) is 7.70. The predicted molar refractivity (Wildman–Crippen MR) is 167 cm³/mol. The van der Waals surface area contributed by atoms with E-state index in [4.69, 9.17) is 34.1 Å². The number of hydrogen-bond donors (Lipinski definition) is 3. The molecule has 0 aliphatic carbocycles. The van der Waals surface area contributed by atoms with Gasteiger partial charge in [-0.05, 0) is 6.07 Å². The molecule has 0 saturated carbocycles. The molecule has 7 aromatic rings. The number of aromatic nitrogens is 8. The summed E-state index contributed by atoms with van der Waals surface area (Å²) >= 11 is -2.56. The number of nitrogens with one attached hydrogen (secondary N) is 2. The quantitative estimate of drug-likeness (QED) is 0.180. The van der Waals surface area contributed by atoms with E-state index in [1.54, 1.807) is 12.1 Å². The van der Waals surface area contributed by atoms with Gasteiger partial charge in [0.2, 0.25) is 0 Å². The van der Waals surface area contributed by atoms with E-state index in [9.17, 15) is 8.76 Å². The normalized spacial score (nSPS) is 12.4. The first-order valence-corrected chi connectivity index (χ1v) is 14.7. The monoisotopic (exact) mass is 653 g/mol. The van der Waals surface area contributed by atoms with Crippen LogP contribution in [0.1, 0.15) is 0 Å². The van der Waals surface area contributed by atoms with Crippen LogP contribution in [0.4, 0.5) is 0 Å². The van der Waals surface area contributed by atoms with E-state index in [1.165, 1.54) is 0 Å². The fourth-order valence-electron chi connectivity index (χ4n) is 5.80. The summed E-state index contributed by atoms with van der Waals surface area (Å²) in [5.41, 5.74) is 5.28. The molecule has 13 heteroatoms. The Bertz CT molecular complexity index is 2540. The summed E-state index contributed by atoms with van der Waals surface area (Å²) in [5, 5.41) is 2.89. The molecule has 0 fully saturated rings. The number of H-pyrrole nitrogens is 2. The molecule has 219 valence electrons. The van der Waals surface area contributed by atoms with Crippen molar-refractivity contribution in [3.63, 3.8) is 0 Å². The van der Waals surface area contributed by atoms with E-state index in [0.29, 0.717) is 56.7 Å². The summed E-state index contributed by atoms with van der Waals surface area (Å²) in [7, 11) is 0. The summed E-state index contributed by atoms with van der Waals surface area (Å²) in [5.74, 6) is 2.03. The van der Waals surface area contributed by atoms with Crippen molar-refractivity contribution < 1.29 is 29.7 Å². The van der Waals surface area contributed by atoms with Gasteiger partial charge in [-0.1, -0.05) is 84.9 Å². The van der Waals surface area contributed by atoms with Gasteiger partial charge in [-0.2, -0.15) is 4.21 Å². The van der Waals surface area contributed by atoms with Gasteiger partial charge in [-0.3, -0.25) is 4.55 Å². The fraction of sp³-hybridized carbons (Fsp3) is 0. The van der Waals surface area contributed by atoms with Crippen LogP contribution in [0.15, 0.2) is 91.0 Å². The van der Waals surface area contributed by atoms with Crippen LogP contribution in [0, 0.1) is 0 Å². The standard InChI is InChI=1S/C32H18N8O3S.Co/c41-44(42)43-23-15-7-14-22-24(23)32-39-30-21-13-6-5-12-20(21)28(37-30)35-26-17-9-2-1-8-16(17)25(33-26)34-27-18-10-3-4-11-19(18)29(36-27)38-31(22)40-32;/h1-15H,(H,41,42)(H2,33,34,35,36,37,38,39,40);. The third-order valence-corrected chi connectivity index (χ3v) is 8.02. The Morgan fingerprint density at radius 2 is 0.911 bits per heavy atom. The summed E-state index contributed by atoms with van der Waals surface area (Å²) in [4.78, 5) is 36.2. The number of benzene rings is 4. The molecule has 5 heterocycles. The van der Waals surface area contributed by atoms with E-state index < -0.39 is 11.4 Å². The van der Waals surface area contributed by atoms with Gasteiger partial charge in [0, 0.05) is 55.2 Å². The van der Waals surface area contributed by atoms with Gasteiger partial charge in [0.15, 0.2) is 29.0 Å². The van der Waals surface area contributed by atoms with Crippen LogP contribution in [0.3, 0.4) is 0 Å². The van der Waals surface area contributed by atoms with Crippen molar-refractivity contribution in [1.29, 1.82) is 0 Å². The second-order valence-electron chi connectivity index (χ2n) is 10.2. The zero-order valence-electron chi connectivity index (χ0n) is 22.8. The maximum absolute atomic E-state index is 11.7. The third kappa shape index (κ3) is 4.32. The topological polar surface area (TPSA) is 155 Å². The van der Waals surface area contributed by atoms with Crippen molar-refractivity contribution in [3.8, 4) is 51.3 Å². The van der Waals surface area contributed by atoms with E-state index in [-0.39, 0.29) is 22.5 Å². The molecule has 4 aromatic carbocycles. The first kappa shape index (κ1) is 27.2. The Labute approximate surface area is 266 Å². The largest absolute Gasteiger partial charge is 0.379 e. The molecule has 3 N–H and O–H groups in total. The van der Waals surface area contributed by atoms with Crippen molar-refractivity contribution in [3.05, 3.63) is 91.0 Å². The van der Waals surface area contributed by atoms with E-state index in [2.05, 4.69) is 9.97 Å². The molecule has 2 aliphatic heterocycles. The maximum atomic E-state index is 11.7. The summed E-state index contributed by atoms with van der Waals surface area (Å²) < 4.78 is 26.6. The van der Waals surface area contributed by atoms with Crippen molar-refractivity contribution >= 4 is 55.5 Å². The summed E-state index contributed by atoms with van der Waals surface area (Å²) in [6.45, 7) is 0. The van der Waals surface area contributed by atoms with Crippen LogP contribution in [0.2, 0.25) is 0 Å². The Balaban J connectivity index is 0.00000300. The average Bonchev–Trinajstić information content (AvgIpc) is 3.77. The second kappa shape index (κ2) is 10.4. The first-order valence-electron chi connectivity index (χ1n) is 13.6. The smallest absolute Gasteiger partial charge is 0.357 e. The minimum absolute atomic E-state index is 0. The summed E-state index contributed by atoms with van der Waals surface area (Å²) in [6.07, 6.45) is 0. The SMILES string of the molecule is O=S(O)Oc1cccc2c3nc4nc(nc5[nH]c(nc6nc(nc([nH]3)c12)-c1ccccc1-6)c1ccccc51)-c1ccccc1-4.[Co]. The van der Waals surface area contributed by atoms with Crippen LogP contribution < -0.4 is 4.18 Å². The zero-order valence-corrected chi connectivity index (χ0v) is 24.7. The van der Waals surface area contributed by atoms with Crippen LogP contribution in [-0.4, -0.2) is 48.6 Å². The van der Waals surface area contributed by atoms with E-state index in [0.717, 1.165) is 33.0 Å². The van der Waals surface area contributed by atoms with Crippen molar-refractivity contribution in [1.82, 2.24) is 39.9 Å². The molecule has 8 bridgehead atoms. The van der Waals surface area contributed by atoms with Gasteiger partial charge in [0.1, 0.15) is 22.6 Å². The Hall–Kier alpha value is -5.34. The van der Waals surface area contributed by atoms with Crippen LogP contribution in [-0.2, 0) is 28.1 Å². The van der Waals surface area contributed by atoms with Crippen molar-refractivity contribution in [2.45, 2.75) is 0 Å². The Kier molecular flexibility index (Phi) is 6.28. The molecule has 1 atom stereocenters. The van der Waals surface area contributed by atoms with Gasteiger partial charge in [0.05, 0.1) is 5.39 Å². The summed E-state index contributed by atoms with van der Waals surface area (Å²) in [6, 6.07) is 28.6. The Morgan fingerprint density at radius 1 is 0.511 bits per heavy atom. The molecule has 1 radical (unpaired) electrons. The number of fused-ring (bicyclic) bond motifs is 20. The van der Waals surface area contributed by atoms with E-state index >= 15 is 0 Å². The van der Waals surface area contributed by atoms with Crippen LogP contribution >= 0.6 is 0 Å². The number of rotatable bonds is 2. The molecular weight excluding hydrogens is 635 g/mol. The number of hydrogen-bond acceptors (Lipinski definition) is 8. The molecule has 2 aliphatic rings. The molecule has 3 aromatic heterocycles. The molecule has 0 amide bonds. The first-order chi connectivity index (χ1) is 21.6. The molecule has 0 spiro atoms. The fourth-order valence-corrected chi connectivity index (χ4v) is 6.10.